The number of rotatable bonds is 5. The Labute approximate surface area is 113 Å². The lowest BCUT2D eigenvalue weighted by Crippen LogP contribution is -2.27. The maximum Gasteiger partial charge on any atom is 0.228 e. The van der Waals surface area contributed by atoms with E-state index in [2.05, 4.69) is 10.6 Å². The zero-order valence-electron chi connectivity index (χ0n) is 11.4. The average molecular weight is 260 g/mol. The fourth-order valence-electron chi connectivity index (χ4n) is 2.11. The molecule has 1 fully saturated rings. The van der Waals surface area contributed by atoms with E-state index in [4.69, 9.17) is 0 Å². The smallest absolute Gasteiger partial charge is 0.228 e. The van der Waals surface area contributed by atoms with Crippen molar-refractivity contribution in [1.82, 2.24) is 5.32 Å². The predicted octanol–water partition coefficient (Wildman–Crippen LogP) is 2.10. The fraction of sp³-hybridized carbons (Fsp3) is 0.467. The number of carbonyl (C=O) groups is 2. The number of anilines is 1. The Morgan fingerprint density at radius 1 is 1.26 bits per heavy atom. The van der Waals surface area contributed by atoms with Crippen LogP contribution in [-0.2, 0) is 9.59 Å². The number of aryl methyl sites for hydroxylation is 1. The van der Waals surface area contributed by atoms with E-state index in [0.29, 0.717) is 13.0 Å². The minimum Gasteiger partial charge on any atom is -0.356 e. The molecule has 1 aromatic carbocycles. The normalized spacial score (nSPS) is 20.7. The highest BCUT2D eigenvalue weighted by Gasteiger charge is 2.47. The van der Waals surface area contributed by atoms with E-state index in [1.165, 1.54) is 0 Å². The predicted molar refractivity (Wildman–Crippen MR) is 74.7 cm³/mol. The van der Waals surface area contributed by atoms with Crippen LogP contribution in [0.1, 0.15) is 25.3 Å². The Kier molecular flexibility index (Phi) is 4.20. The molecule has 0 heterocycles. The van der Waals surface area contributed by atoms with Crippen molar-refractivity contribution in [3.05, 3.63) is 29.8 Å². The number of amides is 2. The third-order valence-electron chi connectivity index (χ3n) is 3.30. The van der Waals surface area contributed by atoms with E-state index < -0.39 is 0 Å². The zero-order chi connectivity index (χ0) is 13.8. The van der Waals surface area contributed by atoms with Gasteiger partial charge >= 0.3 is 0 Å². The number of carbonyl (C=O) groups excluding carboxylic acids is 2. The van der Waals surface area contributed by atoms with Gasteiger partial charge in [0.15, 0.2) is 0 Å². The molecule has 0 radical (unpaired) electrons. The molecule has 2 amide bonds. The third-order valence-corrected chi connectivity index (χ3v) is 3.30. The fourth-order valence-corrected chi connectivity index (χ4v) is 2.11. The Morgan fingerprint density at radius 2 is 2.00 bits per heavy atom. The molecule has 0 aliphatic heterocycles. The molecular formula is C15H20N2O2. The lowest BCUT2D eigenvalue weighted by molar-refractivity contribution is -0.125. The summed E-state index contributed by atoms with van der Waals surface area (Å²) in [6, 6.07) is 7.67. The van der Waals surface area contributed by atoms with Crippen molar-refractivity contribution in [2.45, 2.75) is 26.7 Å². The maximum atomic E-state index is 12.0. The van der Waals surface area contributed by atoms with E-state index in [-0.39, 0.29) is 23.7 Å². The van der Waals surface area contributed by atoms with Crippen molar-refractivity contribution in [3.63, 3.8) is 0 Å². The van der Waals surface area contributed by atoms with Gasteiger partial charge in [0, 0.05) is 12.2 Å². The molecule has 19 heavy (non-hydrogen) atoms. The van der Waals surface area contributed by atoms with Crippen LogP contribution in [-0.4, -0.2) is 18.4 Å². The first kappa shape index (κ1) is 13.6. The summed E-state index contributed by atoms with van der Waals surface area (Å²) in [6.07, 6.45) is 1.58. The molecule has 2 unspecified atom stereocenters. The molecule has 1 saturated carbocycles. The quantitative estimate of drug-likeness (QED) is 0.851. The number of nitrogens with one attached hydrogen (secondary N) is 2. The monoisotopic (exact) mass is 260 g/mol. The van der Waals surface area contributed by atoms with Gasteiger partial charge in [0.25, 0.3) is 0 Å². The van der Waals surface area contributed by atoms with Crippen LogP contribution in [0.15, 0.2) is 24.3 Å². The first-order chi connectivity index (χ1) is 9.11. The molecule has 1 aliphatic rings. The lowest BCUT2D eigenvalue weighted by Gasteiger charge is -2.06. The Morgan fingerprint density at radius 3 is 2.68 bits per heavy atom. The van der Waals surface area contributed by atoms with Gasteiger partial charge in [-0.15, -0.1) is 0 Å². The molecule has 0 bridgehead atoms. The molecule has 2 N–H and O–H groups in total. The molecule has 0 spiro atoms. The van der Waals surface area contributed by atoms with Crippen LogP contribution in [0.5, 0.6) is 0 Å². The summed E-state index contributed by atoms with van der Waals surface area (Å²) in [5, 5.41) is 5.70. The molecule has 2 atom stereocenters. The van der Waals surface area contributed by atoms with Crippen LogP contribution in [0.2, 0.25) is 0 Å². The van der Waals surface area contributed by atoms with Crippen LogP contribution >= 0.6 is 0 Å². The highest BCUT2D eigenvalue weighted by Crippen LogP contribution is 2.39. The van der Waals surface area contributed by atoms with E-state index in [1.807, 2.05) is 38.1 Å². The minimum atomic E-state index is -0.169. The largest absolute Gasteiger partial charge is 0.356 e. The van der Waals surface area contributed by atoms with Gasteiger partial charge in [0.1, 0.15) is 0 Å². The summed E-state index contributed by atoms with van der Waals surface area (Å²) in [6.45, 7) is 4.67. The highest BCUT2D eigenvalue weighted by molar-refractivity contribution is 5.99. The Balaban J connectivity index is 1.84. The van der Waals surface area contributed by atoms with Gasteiger partial charge in [-0.2, -0.15) is 0 Å². The lowest BCUT2D eigenvalue weighted by atomic mass is 10.2. The van der Waals surface area contributed by atoms with Gasteiger partial charge in [-0.05, 0) is 37.5 Å². The number of benzene rings is 1. The van der Waals surface area contributed by atoms with Crippen molar-refractivity contribution in [1.29, 1.82) is 0 Å². The van der Waals surface area contributed by atoms with Crippen LogP contribution in [0.25, 0.3) is 0 Å². The van der Waals surface area contributed by atoms with Gasteiger partial charge in [-0.25, -0.2) is 0 Å². The van der Waals surface area contributed by atoms with Crippen molar-refractivity contribution >= 4 is 17.5 Å². The molecule has 2 rings (SSSR count). The van der Waals surface area contributed by atoms with Crippen LogP contribution in [0.3, 0.4) is 0 Å². The second kappa shape index (κ2) is 5.87. The summed E-state index contributed by atoms with van der Waals surface area (Å²) in [5.74, 6) is -0.359. The summed E-state index contributed by atoms with van der Waals surface area (Å²) in [4.78, 5) is 23.7. The standard InChI is InChI=1S/C15H20N2O2/c1-3-7-16-14(18)12-9-13(12)15(19)17-11-6-4-5-10(2)8-11/h4-6,8,12-13H,3,7,9H2,1-2H3,(H,16,18)(H,17,19). The van der Waals surface area contributed by atoms with Crippen LogP contribution < -0.4 is 10.6 Å². The maximum absolute atomic E-state index is 12.0. The molecular weight excluding hydrogens is 240 g/mol. The van der Waals surface area contributed by atoms with Gasteiger partial charge in [-0.1, -0.05) is 19.1 Å². The zero-order valence-corrected chi connectivity index (χ0v) is 11.4. The summed E-state index contributed by atoms with van der Waals surface area (Å²) in [5.41, 5.74) is 1.90. The van der Waals surface area contributed by atoms with E-state index in [0.717, 1.165) is 17.7 Å². The Hall–Kier alpha value is -1.84. The second-order valence-corrected chi connectivity index (χ2v) is 5.10. The summed E-state index contributed by atoms with van der Waals surface area (Å²) >= 11 is 0. The highest BCUT2D eigenvalue weighted by atomic mass is 16.2. The second-order valence-electron chi connectivity index (χ2n) is 5.10. The van der Waals surface area contributed by atoms with Crippen LogP contribution in [0, 0.1) is 18.8 Å². The minimum absolute atomic E-state index is 0.00578. The van der Waals surface area contributed by atoms with Gasteiger partial charge in [0.2, 0.25) is 11.8 Å². The van der Waals surface area contributed by atoms with Gasteiger partial charge in [-0.3, -0.25) is 9.59 Å². The van der Waals surface area contributed by atoms with E-state index in [1.54, 1.807) is 0 Å². The molecule has 102 valence electrons. The van der Waals surface area contributed by atoms with Crippen molar-refractivity contribution in [3.8, 4) is 0 Å². The molecule has 4 heteroatoms. The molecule has 0 aromatic heterocycles. The first-order valence-corrected chi connectivity index (χ1v) is 6.77. The average Bonchev–Trinajstić information content (AvgIpc) is 3.16. The summed E-state index contributed by atoms with van der Waals surface area (Å²) < 4.78 is 0. The molecule has 1 aromatic rings. The van der Waals surface area contributed by atoms with E-state index in [9.17, 15) is 9.59 Å². The van der Waals surface area contributed by atoms with Gasteiger partial charge in [0.05, 0.1) is 11.8 Å². The topological polar surface area (TPSA) is 58.2 Å². The van der Waals surface area contributed by atoms with Crippen molar-refractivity contribution in [2.75, 3.05) is 11.9 Å². The first-order valence-electron chi connectivity index (χ1n) is 6.77. The van der Waals surface area contributed by atoms with E-state index >= 15 is 0 Å². The third kappa shape index (κ3) is 3.56. The molecule has 0 saturated heterocycles. The van der Waals surface area contributed by atoms with Crippen molar-refractivity contribution in [2.24, 2.45) is 11.8 Å². The van der Waals surface area contributed by atoms with Gasteiger partial charge < -0.3 is 10.6 Å². The Bertz CT molecular complexity index is 485. The number of hydrogen-bond acceptors (Lipinski definition) is 2. The van der Waals surface area contributed by atoms with Crippen LogP contribution in [0.4, 0.5) is 5.69 Å². The SMILES string of the molecule is CCCNC(=O)C1CC1C(=O)Nc1cccc(C)c1. The van der Waals surface area contributed by atoms with Crippen molar-refractivity contribution < 1.29 is 9.59 Å². The summed E-state index contributed by atoms with van der Waals surface area (Å²) in [7, 11) is 0. The molecule has 4 nitrogen and oxygen atoms in total. The number of hydrogen-bond donors (Lipinski definition) is 2. The molecule has 1 aliphatic carbocycles.